The highest BCUT2D eigenvalue weighted by Crippen LogP contribution is 2.43. The van der Waals surface area contributed by atoms with Crippen LogP contribution < -0.4 is 0 Å². The van der Waals surface area contributed by atoms with Crippen LogP contribution in [0.15, 0.2) is 449 Å². The van der Waals surface area contributed by atoms with Crippen LogP contribution in [0.5, 0.6) is 0 Å². The Morgan fingerprint density at radius 2 is 0.306 bits per heavy atom. The predicted octanol–water partition coefficient (Wildman–Crippen LogP) is 28.8. The number of rotatable bonds is 14. The van der Waals surface area contributed by atoms with Gasteiger partial charge in [-0.05, 0) is 172 Å². The van der Waals surface area contributed by atoms with E-state index in [-0.39, 0.29) is 0 Å². The Kier molecular flexibility index (Phi) is 18.0. The van der Waals surface area contributed by atoms with Crippen LogP contribution >= 0.6 is 0 Å². The van der Waals surface area contributed by atoms with Gasteiger partial charge in [0.2, 0.25) is 0 Å². The Bertz CT molecular complexity index is 8090. The minimum absolute atomic E-state index is 0.637. The van der Waals surface area contributed by atoms with Crippen molar-refractivity contribution in [3.8, 4) is 136 Å². The minimum atomic E-state index is 0.637. The Balaban J connectivity index is 0.000000143. The first-order valence-corrected chi connectivity index (χ1v) is 41.9. The van der Waals surface area contributed by atoms with E-state index in [4.69, 9.17) is 29.9 Å². The average Bonchev–Trinajstić information content (AvgIpc) is 1.60. The molecule has 0 aliphatic heterocycles. The molecular formula is C114H74N10. The zero-order valence-corrected chi connectivity index (χ0v) is 67.2. The first-order chi connectivity index (χ1) is 61.5. The maximum absolute atomic E-state index is 5.01. The quantitative estimate of drug-likeness (QED) is 0.108. The Labute approximate surface area is 715 Å². The maximum Gasteiger partial charge on any atom is 0.164 e. The van der Waals surface area contributed by atoms with E-state index in [1.807, 2.05) is 121 Å². The summed E-state index contributed by atoms with van der Waals surface area (Å²) < 4.78 is 9.53. The molecule has 10 heteroatoms. The molecule has 0 saturated carbocycles. The van der Waals surface area contributed by atoms with Crippen molar-refractivity contribution in [1.29, 1.82) is 0 Å². The van der Waals surface area contributed by atoms with Crippen molar-refractivity contribution < 1.29 is 0 Å². The van der Waals surface area contributed by atoms with E-state index in [1.165, 1.54) is 98.4 Å². The summed E-state index contributed by atoms with van der Waals surface area (Å²) in [5, 5.41) is 9.80. The molecule has 24 rings (SSSR count). The standard InChI is InChI=1S/2C57H37N5/c1-4-16-38(17-5-1)55-58-56(39-18-6-2-7-19-39)60-57(59-55)44-22-14-20-40(34-44)42-30-33-54-50(36-42)48-27-11-13-29-52(48)62(54)46-25-15-21-41(35-46)43-31-32-53-49(37-43)47-26-10-12-28-51(47)61(53)45-23-8-3-9-24-45;1-4-15-39(16-5-1)55-58-56(40-17-6-2-7-18-40)60-57(59-55)41-29-27-38(28-30-41)43-31-33-54-49(36-43)48-24-11-13-26-52(48)62(54)46-22-14-19-42(35-46)44-32-34-53-50(37-44)47-23-10-12-25-51(47)61(53)45-20-8-3-9-21-45/h2*1-37H. The fourth-order valence-electron chi connectivity index (χ4n) is 18.1. The fraction of sp³-hybridized carbons (Fsp3) is 0. The molecular weight excluding hydrogens is 1510 g/mol. The lowest BCUT2D eigenvalue weighted by molar-refractivity contribution is 1.07. The van der Waals surface area contributed by atoms with Gasteiger partial charge in [0.25, 0.3) is 0 Å². The Hall–Kier alpha value is -16.8. The van der Waals surface area contributed by atoms with Gasteiger partial charge < -0.3 is 18.3 Å². The first kappa shape index (κ1) is 72.4. The average molecular weight is 1580 g/mol. The summed E-state index contributed by atoms with van der Waals surface area (Å²) in [6.07, 6.45) is 0. The number of para-hydroxylation sites is 6. The van der Waals surface area contributed by atoms with Gasteiger partial charge in [-0.3, -0.25) is 0 Å². The third kappa shape index (κ3) is 13.1. The van der Waals surface area contributed by atoms with Crippen molar-refractivity contribution in [3.63, 3.8) is 0 Å². The lowest BCUT2D eigenvalue weighted by Crippen LogP contribution is -2.00. The van der Waals surface area contributed by atoms with Crippen molar-refractivity contribution in [1.82, 2.24) is 48.2 Å². The van der Waals surface area contributed by atoms with Crippen molar-refractivity contribution in [2.45, 2.75) is 0 Å². The molecule has 0 radical (unpaired) electrons. The summed E-state index contributed by atoms with van der Waals surface area (Å²) in [5.74, 6) is 3.88. The van der Waals surface area contributed by atoms with Gasteiger partial charge >= 0.3 is 0 Å². The van der Waals surface area contributed by atoms with Crippen LogP contribution in [0, 0.1) is 0 Å². The van der Waals surface area contributed by atoms with Crippen LogP contribution in [-0.2, 0) is 0 Å². The number of aromatic nitrogens is 10. The fourth-order valence-corrected chi connectivity index (χ4v) is 18.1. The molecule has 124 heavy (non-hydrogen) atoms. The van der Waals surface area contributed by atoms with Gasteiger partial charge in [-0.25, -0.2) is 29.9 Å². The van der Waals surface area contributed by atoms with Crippen LogP contribution in [-0.4, -0.2) is 48.2 Å². The van der Waals surface area contributed by atoms with Crippen molar-refractivity contribution in [2.24, 2.45) is 0 Å². The first-order valence-electron chi connectivity index (χ1n) is 41.9. The zero-order chi connectivity index (χ0) is 82.0. The van der Waals surface area contributed by atoms with Gasteiger partial charge in [0.05, 0.1) is 44.1 Å². The summed E-state index contributed by atoms with van der Waals surface area (Å²) in [6.45, 7) is 0. The Morgan fingerprint density at radius 3 is 0.629 bits per heavy atom. The van der Waals surface area contributed by atoms with Crippen LogP contribution in [0.25, 0.3) is 223 Å². The van der Waals surface area contributed by atoms with Crippen molar-refractivity contribution >= 4 is 87.2 Å². The number of fused-ring (bicyclic) bond motifs is 12. The largest absolute Gasteiger partial charge is 0.309 e. The van der Waals surface area contributed by atoms with Crippen molar-refractivity contribution in [2.75, 3.05) is 0 Å². The number of nitrogens with zero attached hydrogens (tertiary/aromatic N) is 10. The number of hydrogen-bond donors (Lipinski definition) is 0. The van der Waals surface area contributed by atoms with Crippen LogP contribution in [0.3, 0.4) is 0 Å². The highest BCUT2D eigenvalue weighted by atomic mass is 15.1. The number of benzene rings is 18. The van der Waals surface area contributed by atoms with Crippen LogP contribution in [0.1, 0.15) is 0 Å². The highest BCUT2D eigenvalue weighted by molar-refractivity contribution is 6.14. The molecule has 0 saturated heterocycles. The minimum Gasteiger partial charge on any atom is -0.309 e. The third-order valence-electron chi connectivity index (χ3n) is 23.9. The van der Waals surface area contributed by atoms with Gasteiger partial charge in [0.1, 0.15) is 0 Å². The SMILES string of the molecule is c1ccc(-c2nc(-c3ccccc3)nc(-c3ccc(-c4ccc5c(c4)c4ccccc4n5-c4cccc(-c5ccc6c(c5)c5ccccc5n6-c5ccccc5)c4)cc3)n2)cc1.c1ccc(-c2nc(-c3ccccc3)nc(-c3cccc(-c4ccc5c(c4)c4ccccc4n5-c4cccc(-c5ccc6c(c5)c5ccccc5n6-c5ccccc5)c4)c3)n2)cc1. The van der Waals surface area contributed by atoms with E-state index in [0.29, 0.717) is 34.9 Å². The predicted molar refractivity (Wildman–Crippen MR) is 511 cm³/mol. The lowest BCUT2D eigenvalue weighted by Gasteiger charge is -2.12. The molecule has 0 amide bonds. The van der Waals surface area contributed by atoms with E-state index in [2.05, 4.69) is 346 Å². The van der Waals surface area contributed by atoms with E-state index < -0.39 is 0 Å². The summed E-state index contributed by atoms with van der Waals surface area (Å²) in [6, 6.07) is 159. The van der Waals surface area contributed by atoms with Crippen molar-refractivity contribution in [3.05, 3.63) is 449 Å². The molecule has 580 valence electrons. The molecule has 18 aromatic carbocycles. The monoisotopic (exact) mass is 1580 g/mol. The summed E-state index contributed by atoms with van der Waals surface area (Å²) >= 11 is 0. The van der Waals surface area contributed by atoms with Crippen LogP contribution in [0.2, 0.25) is 0 Å². The Morgan fingerprint density at radius 1 is 0.113 bits per heavy atom. The zero-order valence-electron chi connectivity index (χ0n) is 67.2. The molecule has 0 N–H and O–H groups in total. The molecule has 10 nitrogen and oxygen atoms in total. The normalized spacial score (nSPS) is 11.5. The molecule has 0 spiro atoms. The second-order valence-corrected chi connectivity index (χ2v) is 31.3. The maximum atomic E-state index is 5.01. The number of hydrogen-bond acceptors (Lipinski definition) is 6. The van der Waals surface area contributed by atoms with E-state index in [9.17, 15) is 0 Å². The van der Waals surface area contributed by atoms with E-state index in [1.54, 1.807) is 0 Å². The smallest absolute Gasteiger partial charge is 0.164 e. The van der Waals surface area contributed by atoms with Gasteiger partial charge in [-0.2, -0.15) is 0 Å². The molecule has 0 fully saturated rings. The summed E-state index contributed by atoms with van der Waals surface area (Å²) in [7, 11) is 0. The summed E-state index contributed by atoms with van der Waals surface area (Å²) in [5.41, 5.74) is 28.9. The molecule has 0 aliphatic rings. The van der Waals surface area contributed by atoms with Gasteiger partial charge in [0.15, 0.2) is 34.9 Å². The van der Waals surface area contributed by atoms with E-state index >= 15 is 0 Å². The van der Waals surface area contributed by atoms with Crippen LogP contribution in [0.4, 0.5) is 0 Å². The molecule has 6 heterocycles. The topological polar surface area (TPSA) is 97.1 Å². The third-order valence-corrected chi connectivity index (χ3v) is 23.9. The summed E-state index contributed by atoms with van der Waals surface area (Å²) in [4.78, 5) is 29.7. The van der Waals surface area contributed by atoms with E-state index in [0.717, 1.165) is 89.4 Å². The van der Waals surface area contributed by atoms with Gasteiger partial charge in [0, 0.05) is 99.2 Å². The molecule has 0 atom stereocenters. The second kappa shape index (κ2) is 30.8. The molecule has 0 aliphatic carbocycles. The molecule has 0 unspecified atom stereocenters. The lowest BCUT2D eigenvalue weighted by atomic mass is 10.0. The molecule has 0 bridgehead atoms. The highest BCUT2D eigenvalue weighted by Gasteiger charge is 2.22. The second-order valence-electron chi connectivity index (χ2n) is 31.3. The van der Waals surface area contributed by atoms with Gasteiger partial charge in [-0.15, -0.1) is 0 Å². The van der Waals surface area contributed by atoms with Gasteiger partial charge in [-0.1, -0.05) is 322 Å². The molecule has 24 aromatic rings. The molecule has 6 aromatic heterocycles.